The summed E-state index contributed by atoms with van der Waals surface area (Å²) in [5.74, 6) is 0.810. The number of nitrogens with zero attached hydrogens (tertiary/aromatic N) is 3. The molecule has 2 rings (SSSR count). The molecule has 0 aromatic carbocycles. The zero-order valence-electron chi connectivity index (χ0n) is 10.7. The molecule has 0 amide bonds. The summed E-state index contributed by atoms with van der Waals surface area (Å²) in [5.41, 5.74) is 0.826. The predicted octanol–water partition coefficient (Wildman–Crippen LogP) is 1.23. The predicted molar refractivity (Wildman–Crippen MR) is 63.6 cm³/mol. The fourth-order valence-corrected chi connectivity index (χ4v) is 1.53. The average molecular weight is 285 g/mol. The molecular weight excluding hydrogens is 272 g/mol. The summed E-state index contributed by atoms with van der Waals surface area (Å²) in [6, 6.07) is 3.48. The number of rotatable bonds is 6. The van der Waals surface area contributed by atoms with Crippen LogP contribution >= 0.6 is 0 Å². The first-order valence-corrected chi connectivity index (χ1v) is 5.85. The van der Waals surface area contributed by atoms with E-state index in [2.05, 4.69) is 15.1 Å². The first-order valence-electron chi connectivity index (χ1n) is 5.85. The Kier molecular flexibility index (Phi) is 4.57. The Morgan fingerprint density at radius 1 is 1.40 bits per heavy atom. The van der Waals surface area contributed by atoms with Gasteiger partial charge in [-0.1, -0.05) is 11.2 Å². The van der Waals surface area contributed by atoms with Crippen molar-refractivity contribution in [3.63, 3.8) is 0 Å². The molecule has 0 spiro atoms. The zero-order valence-corrected chi connectivity index (χ0v) is 10.7. The van der Waals surface area contributed by atoms with Crippen LogP contribution in [0.2, 0.25) is 0 Å². The molecule has 1 atom stereocenters. The molecule has 0 aliphatic heterocycles. The maximum absolute atomic E-state index is 12.2. The second-order valence-electron chi connectivity index (χ2n) is 4.10. The van der Waals surface area contributed by atoms with Gasteiger partial charge in [0, 0.05) is 18.7 Å². The molecule has 1 N–H and O–H groups in total. The molecule has 0 saturated heterocycles. The number of halogens is 2. The van der Waals surface area contributed by atoms with E-state index in [1.807, 2.05) is 0 Å². The van der Waals surface area contributed by atoms with Gasteiger partial charge in [-0.2, -0.15) is 4.98 Å². The Morgan fingerprint density at radius 2 is 2.20 bits per heavy atom. The van der Waals surface area contributed by atoms with Crippen LogP contribution in [0.1, 0.15) is 17.3 Å². The molecule has 2 heterocycles. The van der Waals surface area contributed by atoms with Crippen LogP contribution in [-0.2, 0) is 12.8 Å². The van der Waals surface area contributed by atoms with Crippen LogP contribution in [0.3, 0.4) is 0 Å². The minimum atomic E-state index is -2.84. The highest BCUT2D eigenvalue weighted by atomic mass is 19.3. The zero-order chi connectivity index (χ0) is 14.5. The van der Waals surface area contributed by atoms with Crippen LogP contribution in [-0.4, -0.2) is 39.9 Å². The van der Waals surface area contributed by atoms with Crippen LogP contribution in [0.15, 0.2) is 22.9 Å². The van der Waals surface area contributed by atoms with Crippen molar-refractivity contribution in [3.05, 3.63) is 35.6 Å². The summed E-state index contributed by atoms with van der Waals surface area (Å²) >= 11 is 0. The van der Waals surface area contributed by atoms with Crippen LogP contribution in [0, 0.1) is 0 Å². The molecule has 0 radical (unpaired) electrons. The Balaban J connectivity index is 1.98. The summed E-state index contributed by atoms with van der Waals surface area (Å²) in [6.45, 7) is 0. The molecule has 8 heteroatoms. The molecule has 6 nitrogen and oxygen atoms in total. The van der Waals surface area contributed by atoms with E-state index in [0.717, 1.165) is 5.56 Å². The van der Waals surface area contributed by atoms with E-state index >= 15 is 0 Å². The van der Waals surface area contributed by atoms with Gasteiger partial charge in [-0.25, -0.2) is 13.8 Å². The largest absolute Gasteiger partial charge is 0.481 e. The summed E-state index contributed by atoms with van der Waals surface area (Å²) in [4.78, 5) is 7.96. The van der Waals surface area contributed by atoms with Crippen molar-refractivity contribution in [2.75, 3.05) is 7.11 Å². The van der Waals surface area contributed by atoms with Crippen molar-refractivity contribution >= 4 is 0 Å². The van der Waals surface area contributed by atoms with Crippen molar-refractivity contribution in [2.45, 2.75) is 25.4 Å². The summed E-state index contributed by atoms with van der Waals surface area (Å²) in [6.07, 6.45) is -3.05. The van der Waals surface area contributed by atoms with E-state index in [-0.39, 0.29) is 12.3 Å². The molecule has 2 aromatic rings. The first-order chi connectivity index (χ1) is 9.58. The molecule has 0 aliphatic rings. The van der Waals surface area contributed by atoms with Gasteiger partial charge >= 0.3 is 0 Å². The van der Waals surface area contributed by atoms with Gasteiger partial charge in [0.1, 0.15) is 6.10 Å². The third-order valence-electron chi connectivity index (χ3n) is 2.55. The Bertz CT molecular complexity index is 545. The van der Waals surface area contributed by atoms with Gasteiger partial charge in [-0.05, 0) is 5.56 Å². The van der Waals surface area contributed by atoms with Crippen LogP contribution in [0.25, 0.3) is 0 Å². The maximum Gasteiger partial charge on any atom is 0.264 e. The lowest BCUT2D eigenvalue weighted by Crippen LogP contribution is -2.20. The number of aromatic nitrogens is 3. The number of pyridine rings is 1. The molecule has 1 unspecified atom stereocenters. The second-order valence-corrected chi connectivity index (χ2v) is 4.10. The van der Waals surface area contributed by atoms with Gasteiger partial charge in [0.15, 0.2) is 5.82 Å². The molecule has 108 valence electrons. The minimum Gasteiger partial charge on any atom is -0.481 e. The third-order valence-corrected chi connectivity index (χ3v) is 2.55. The SMILES string of the molecule is COc1ccc(Cc2noc(CC(O)C(F)F)n2)cn1. The van der Waals surface area contributed by atoms with Crippen LogP contribution in [0.5, 0.6) is 5.88 Å². The van der Waals surface area contributed by atoms with Gasteiger partial charge in [-0.3, -0.25) is 0 Å². The van der Waals surface area contributed by atoms with Gasteiger partial charge < -0.3 is 14.4 Å². The van der Waals surface area contributed by atoms with Crippen LogP contribution < -0.4 is 4.74 Å². The van der Waals surface area contributed by atoms with E-state index in [1.165, 1.54) is 7.11 Å². The highest BCUT2D eigenvalue weighted by Crippen LogP contribution is 2.12. The lowest BCUT2D eigenvalue weighted by molar-refractivity contribution is -0.00754. The van der Waals surface area contributed by atoms with Crippen molar-refractivity contribution in [1.82, 2.24) is 15.1 Å². The molecule has 0 aliphatic carbocycles. The maximum atomic E-state index is 12.2. The number of hydrogen-bond acceptors (Lipinski definition) is 6. The normalized spacial score (nSPS) is 12.7. The number of hydrogen-bond donors (Lipinski definition) is 1. The summed E-state index contributed by atoms with van der Waals surface area (Å²) in [7, 11) is 1.52. The standard InChI is InChI=1S/C12H13F2N3O3/c1-19-10-3-2-7(6-15-10)4-9-16-11(20-17-9)5-8(18)12(13)14/h2-3,6,8,12,18H,4-5H2,1H3. The van der Waals surface area contributed by atoms with E-state index in [4.69, 9.17) is 14.4 Å². The third kappa shape index (κ3) is 3.70. The minimum absolute atomic E-state index is 0.0192. The van der Waals surface area contributed by atoms with Crippen molar-refractivity contribution in [3.8, 4) is 5.88 Å². The van der Waals surface area contributed by atoms with Gasteiger partial charge in [0.2, 0.25) is 11.8 Å². The fourth-order valence-electron chi connectivity index (χ4n) is 1.53. The Hall–Kier alpha value is -2.09. The van der Waals surface area contributed by atoms with E-state index < -0.39 is 12.5 Å². The van der Waals surface area contributed by atoms with Gasteiger partial charge in [0.05, 0.1) is 13.5 Å². The first kappa shape index (κ1) is 14.3. The van der Waals surface area contributed by atoms with E-state index in [1.54, 1.807) is 18.3 Å². The van der Waals surface area contributed by atoms with Crippen molar-refractivity contribution < 1.29 is 23.1 Å². The van der Waals surface area contributed by atoms with Crippen molar-refractivity contribution in [2.24, 2.45) is 0 Å². The number of aliphatic hydroxyl groups is 1. The summed E-state index contributed by atoms with van der Waals surface area (Å²) in [5, 5.41) is 12.7. The lowest BCUT2D eigenvalue weighted by atomic mass is 10.2. The molecular formula is C12H13F2N3O3. The highest BCUT2D eigenvalue weighted by Gasteiger charge is 2.20. The van der Waals surface area contributed by atoms with Gasteiger partial charge in [0.25, 0.3) is 6.43 Å². The molecule has 20 heavy (non-hydrogen) atoms. The average Bonchev–Trinajstić information content (AvgIpc) is 2.86. The van der Waals surface area contributed by atoms with Gasteiger partial charge in [-0.15, -0.1) is 0 Å². The molecule has 0 bridgehead atoms. The topological polar surface area (TPSA) is 81.3 Å². The monoisotopic (exact) mass is 285 g/mol. The quantitative estimate of drug-likeness (QED) is 0.859. The molecule has 2 aromatic heterocycles. The number of methoxy groups -OCH3 is 1. The van der Waals surface area contributed by atoms with Crippen molar-refractivity contribution in [1.29, 1.82) is 0 Å². The molecule has 0 fully saturated rings. The number of aliphatic hydroxyl groups excluding tert-OH is 1. The lowest BCUT2D eigenvalue weighted by Gasteiger charge is -2.04. The van der Waals surface area contributed by atoms with E-state index in [9.17, 15) is 8.78 Å². The fraction of sp³-hybridized carbons (Fsp3) is 0.417. The number of ether oxygens (including phenoxy) is 1. The Morgan fingerprint density at radius 3 is 2.80 bits per heavy atom. The summed E-state index contributed by atoms with van der Waals surface area (Å²) < 4.78 is 34.1. The number of alkyl halides is 2. The second kappa shape index (κ2) is 6.38. The van der Waals surface area contributed by atoms with E-state index in [0.29, 0.717) is 18.1 Å². The smallest absolute Gasteiger partial charge is 0.264 e. The van der Waals surface area contributed by atoms with Crippen LogP contribution in [0.4, 0.5) is 8.78 Å². The highest BCUT2D eigenvalue weighted by molar-refractivity contribution is 5.20. The molecule has 0 saturated carbocycles. The Labute approximate surface area is 113 Å².